The Morgan fingerprint density at radius 3 is 2.75 bits per heavy atom. The van der Waals surface area contributed by atoms with Crippen LogP contribution in [-0.4, -0.2) is 31.1 Å². The average molecular weight is 326 g/mol. The molecule has 126 valence electrons. The van der Waals surface area contributed by atoms with E-state index in [0.29, 0.717) is 17.8 Å². The zero-order chi connectivity index (χ0) is 16.7. The van der Waals surface area contributed by atoms with E-state index in [2.05, 4.69) is 35.2 Å². The van der Waals surface area contributed by atoms with E-state index >= 15 is 0 Å². The SMILES string of the molecule is CC(C)n1ncc2ccc(-c3noc([C@H]4CC[C@@H](O)CC4)n3)cc21. The molecule has 4 rings (SSSR count). The van der Waals surface area contributed by atoms with Gasteiger partial charge in [0, 0.05) is 22.9 Å². The van der Waals surface area contributed by atoms with Crippen molar-refractivity contribution in [3.63, 3.8) is 0 Å². The van der Waals surface area contributed by atoms with E-state index < -0.39 is 0 Å². The van der Waals surface area contributed by atoms with Gasteiger partial charge in [-0.1, -0.05) is 17.3 Å². The molecule has 1 aliphatic carbocycles. The highest BCUT2D eigenvalue weighted by molar-refractivity contribution is 5.83. The Kier molecular flexibility index (Phi) is 3.84. The predicted molar refractivity (Wildman–Crippen MR) is 90.6 cm³/mol. The van der Waals surface area contributed by atoms with Crippen molar-refractivity contribution >= 4 is 10.9 Å². The maximum Gasteiger partial charge on any atom is 0.230 e. The molecule has 2 heterocycles. The maximum absolute atomic E-state index is 9.63. The maximum atomic E-state index is 9.63. The number of fused-ring (bicyclic) bond motifs is 1. The third kappa shape index (κ3) is 2.71. The molecule has 6 nitrogen and oxygen atoms in total. The van der Waals surface area contributed by atoms with Crippen molar-refractivity contribution in [2.24, 2.45) is 0 Å². The third-order valence-corrected chi connectivity index (χ3v) is 4.83. The minimum Gasteiger partial charge on any atom is -0.393 e. The van der Waals surface area contributed by atoms with Crippen LogP contribution in [-0.2, 0) is 0 Å². The zero-order valence-corrected chi connectivity index (χ0v) is 14.0. The Hall–Kier alpha value is -2.21. The van der Waals surface area contributed by atoms with Crippen LogP contribution in [0.4, 0.5) is 0 Å². The van der Waals surface area contributed by atoms with Gasteiger partial charge in [0.05, 0.1) is 17.8 Å². The van der Waals surface area contributed by atoms with Gasteiger partial charge in [-0.25, -0.2) is 0 Å². The second kappa shape index (κ2) is 6.02. The lowest BCUT2D eigenvalue weighted by Crippen LogP contribution is -2.17. The summed E-state index contributed by atoms with van der Waals surface area (Å²) in [5, 5.41) is 19.4. The average Bonchev–Trinajstić information content (AvgIpc) is 3.22. The normalized spacial score (nSPS) is 21.7. The molecule has 0 unspecified atom stereocenters. The van der Waals surface area contributed by atoms with Crippen LogP contribution in [0.25, 0.3) is 22.3 Å². The highest BCUT2D eigenvalue weighted by Crippen LogP contribution is 2.33. The molecule has 2 aromatic heterocycles. The molecule has 1 aromatic carbocycles. The van der Waals surface area contributed by atoms with E-state index in [1.54, 1.807) is 0 Å². The van der Waals surface area contributed by atoms with Gasteiger partial charge >= 0.3 is 0 Å². The summed E-state index contributed by atoms with van der Waals surface area (Å²) in [7, 11) is 0. The summed E-state index contributed by atoms with van der Waals surface area (Å²) in [5.41, 5.74) is 2.02. The summed E-state index contributed by atoms with van der Waals surface area (Å²) < 4.78 is 7.50. The molecular weight excluding hydrogens is 304 g/mol. The molecule has 1 saturated carbocycles. The second-order valence-electron chi connectivity index (χ2n) is 6.92. The lowest BCUT2D eigenvalue weighted by molar-refractivity contribution is 0.116. The van der Waals surface area contributed by atoms with Gasteiger partial charge < -0.3 is 9.63 Å². The number of aliphatic hydroxyl groups excluding tert-OH is 1. The van der Waals surface area contributed by atoms with Crippen molar-refractivity contribution < 1.29 is 9.63 Å². The molecule has 0 amide bonds. The number of rotatable bonds is 3. The summed E-state index contributed by atoms with van der Waals surface area (Å²) in [4.78, 5) is 4.61. The first kappa shape index (κ1) is 15.3. The fourth-order valence-electron chi connectivity index (χ4n) is 3.43. The van der Waals surface area contributed by atoms with Crippen LogP contribution in [0.3, 0.4) is 0 Å². The van der Waals surface area contributed by atoms with Crippen molar-refractivity contribution in [1.29, 1.82) is 0 Å². The number of aliphatic hydroxyl groups is 1. The molecule has 24 heavy (non-hydrogen) atoms. The largest absolute Gasteiger partial charge is 0.393 e. The van der Waals surface area contributed by atoms with Gasteiger partial charge in [-0.05, 0) is 45.6 Å². The zero-order valence-electron chi connectivity index (χ0n) is 14.0. The van der Waals surface area contributed by atoms with Crippen LogP contribution >= 0.6 is 0 Å². The van der Waals surface area contributed by atoms with Gasteiger partial charge in [-0.2, -0.15) is 10.1 Å². The summed E-state index contributed by atoms with van der Waals surface area (Å²) in [6.07, 6.45) is 5.13. The first-order valence-electron chi connectivity index (χ1n) is 8.61. The monoisotopic (exact) mass is 326 g/mol. The number of hydrogen-bond acceptors (Lipinski definition) is 5. The molecule has 1 aliphatic rings. The van der Waals surface area contributed by atoms with Crippen LogP contribution < -0.4 is 0 Å². The van der Waals surface area contributed by atoms with Crippen LogP contribution in [0.15, 0.2) is 28.9 Å². The minimum absolute atomic E-state index is 0.178. The van der Waals surface area contributed by atoms with Crippen LogP contribution in [0, 0.1) is 0 Å². The van der Waals surface area contributed by atoms with Crippen molar-refractivity contribution in [3.05, 3.63) is 30.3 Å². The number of aromatic nitrogens is 4. The molecule has 6 heteroatoms. The third-order valence-electron chi connectivity index (χ3n) is 4.83. The fraction of sp³-hybridized carbons (Fsp3) is 0.500. The molecule has 0 aliphatic heterocycles. The lowest BCUT2D eigenvalue weighted by Gasteiger charge is -2.22. The first-order valence-corrected chi connectivity index (χ1v) is 8.61. The predicted octanol–water partition coefficient (Wildman–Crippen LogP) is 3.69. The Morgan fingerprint density at radius 2 is 2.00 bits per heavy atom. The summed E-state index contributed by atoms with van der Waals surface area (Å²) in [5.74, 6) is 1.57. The molecule has 0 radical (unpaired) electrons. The van der Waals surface area contributed by atoms with Gasteiger partial charge in [0.1, 0.15) is 0 Å². The molecule has 1 N–H and O–H groups in total. The Balaban J connectivity index is 1.64. The van der Waals surface area contributed by atoms with Crippen molar-refractivity contribution in [2.45, 2.75) is 57.6 Å². The fourth-order valence-corrected chi connectivity index (χ4v) is 3.43. The van der Waals surface area contributed by atoms with E-state index in [1.165, 1.54) is 0 Å². The molecule has 0 bridgehead atoms. The Morgan fingerprint density at radius 1 is 1.21 bits per heavy atom. The van der Waals surface area contributed by atoms with Crippen LogP contribution in [0.2, 0.25) is 0 Å². The number of benzene rings is 1. The molecule has 1 fully saturated rings. The van der Waals surface area contributed by atoms with Gasteiger partial charge in [0.25, 0.3) is 0 Å². The van der Waals surface area contributed by atoms with Gasteiger partial charge in [-0.15, -0.1) is 0 Å². The standard InChI is InChI=1S/C18H22N4O2/c1-11(2)22-16-9-13(3-4-14(16)10-19-22)17-20-18(24-21-17)12-5-7-15(23)8-6-12/h3-4,9-12,15,23H,5-8H2,1-2H3/t12-,15+. The molecule has 0 atom stereocenters. The quantitative estimate of drug-likeness (QED) is 0.794. The van der Waals surface area contributed by atoms with E-state index in [1.807, 2.05) is 23.0 Å². The highest BCUT2D eigenvalue weighted by Gasteiger charge is 2.25. The highest BCUT2D eigenvalue weighted by atomic mass is 16.5. The van der Waals surface area contributed by atoms with E-state index in [4.69, 9.17) is 4.52 Å². The van der Waals surface area contributed by atoms with E-state index in [0.717, 1.165) is 42.1 Å². The Bertz CT molecular complexity index is 844. The molecular formula is C18H22N4O2. The number of nitrogens with zero attached hydrogens (tertiary/aromatic N) is 4. The van der Waals surface area contributed by atoms with Crippen molar-refractivity contribution in [1.82, 2.24) is 19.9 Å². The van der Waals surface area contributed by atoms with Gasteiger partial charge in [0.2, 0.25) is 11.7 Å². The molecule has 0 spiro atoms. The van der Waals surface area contributed by atoms with Crippen LogP contribution in [0.5, 0.6) is 0 Å². The second-order valence-corrected chi connectivity index (χ2v) is 6.92. The van der Waals surface area contributed by atoms with Crippen molar-refractivity contribution in [2.75, 3.05) is 0 Å². The van der Waals surface area contributed by atoms with Crippen LogP contribution in [0.1, 0.15) is 57.4 Å². The summed E-state index contributed by atoms with van der Waals surface area (Å²) in [6.45, 7) is 4.23. The topological polar surface area (TPSA) is 77.0 Å². The summed E-state index contributed by atoms with van der Waals surface area (Å²) in [6, 6.07) is 6.42. The Labute approximate surface area is 140 Å². The molecule has 3 aromatic rings. The van der Waals surface area contributed by atoms with Crippen molar-refractivity contribution in [3.8, 4) is 11.4 Å². The van der Waals surface area contributed by atoms with Gasteiger partial charge in [0.15, 0.2) is 0 Å². The first-order chi connectivity index (χ1) is 11.6. The number of hydrogen-bond donors (Lipinski definition) is 1. The smallest absolute Gasteiger partial charge is 0.230 e. The molecule has 0 saturated heterocycles. The van der Waals surface area contributed by atoms with E-state index in [-0.39, 0.29) is 12.0 Å². The van der Waals surface area contributed by atoms with E-state index in [9.17, 15) is 5.11 Å². The lowest BCUT2D eigenvalue weighted by atomic mass is 9.87. The van der Waals surface area contributed by atoms with Gasteiger partial charge in [-0.3, -0.25) is 4.68 Å². The minimum atomic E-state index is -0.178. The summed E-state index contributed by atoms with van der Waals surface area (Å²) >= 11 is 0.